The van der Waals surface area contributed by atoms with Gasteiger partial charge in [-0.05, 0) is 12.1 Å². The predicted octanol–water partition coefficient (Wildman–Crippen LogP) is 1.19. The smallest absolute Gasteiger partial charge is 0.310 e. The third-order valence-electron chi connectivity index (χ3n) is 3.89. The van der Waals surface area contributed by atoms with Crippen LogP contribution in [0, 0.1) is 5.92 Å². The molecule has 3 rings (SSSR count). The molecule has 1 saturated heterocycles. The molecule has 1 unspecified atom stereocenters. The Morgan fingerprint density at radius 3 is 2.91 bits per heavy atom. The van der Waals surface area contributed by atoms with Gasteiger partial charge in [0, 0.05) is 32.1 Å². The summed E-state index contributed by atoms with van der Waals surface area (Å²) < 4.78 is 4.70. The number of esters is 1. The average Bonchev–Trinajstić information content (AvgIpc) is 2.93. The number of benzene rings is 1. The van der Waals surface area contributed by atoms with E-state index in [9.17, 15) is 9.59 Å². The minimum atomic E-state index is -0.347. The van der Waals surface area contributed by atoms with E-state index in [1.165, 1.54) is 7.11 Å². The quantitative estimate of drug-likeness (QED) is 0.793. The summed E-state index contributed by atoms with van der Waals surface area (Å²) >= 11 is 0. The molecular weight excluding hydrogens is 282 g/mol. The number of aromatic nitrogens is 2. The molecule has 1 aliphatic rings. The topological polar surface area (TPSA) is 72.4 Å². The van der Waals surface area contributed by atoms with Crippen LogP contribution in [-0.4, -0.2) is 46.9 Å². The highest BCUT2D eigenvalue weighted by atomic mass is 16.5. The summed E-state index contributed by atoms with van der Waals surface area (Å²) in [6.07, 6.45) is 2.59. The molecule has 2 aromatic rings. The Labute approximate surface area is 128 Å². The fraction of sp³-hybridized carbons (Fsp3) is 0.375. The second-order valence-corrected chi connectivity index (χ2v) is 5.36. The SMILES string of the molecule is COC(=O)C1CC(=O)N(CCc2cnc3ccccc3n2)C1. The lowest BCUT2D eigenvalue weighted by molar-refractivity contribution is -0.145. The highest BCUT2D eigenvalue weighted by Crippen LogP contribution is 2.19. The summed E-state index contributed by atoms with van der Waals surface area (Å²) in [5.74, 6) is -0.675. The standard InChI is InChI=1S/C16H17N3O3/c1-22-16(21)11-8-15(20)19(10-11)7-6-12-9-17-13-4-2-3-5-14(13)18-12/h2-5,9,11H,6-8,10H2,1H3. The van der Waals surface area contributed by atoms with Crippen LogP contribution >= 0.6 is 0 Å². The zero-order chi connectivity index (χ0) is 15.5. The molecule has 0 aliphatic carbocycles. The molecule has 1 atom stereocenters. The third kappa shape index (κ3) is 2.90. The molecular formula is C16H17N3O3. The number of carbonyl (C=O) groups excluding carboxylic acids is 2. The van der Waals surface area contributed by atoms with Crippen LogP contribution in [0.4, 0.5) is 0 Å². The van der Waals surface area contributed by atoms with Gasteiger partial charge in [-0.3, -0.25) is 14.6 Å². The Hall–Kier alpha value is -2.50. The summed E-state index contributed by atoms with van der Waals surface area (Å²) in [5.41, 5.74) is 2.54. The van der Waals surface area contributed by atoms with E-state index in [0.29, 0.717) is 19.5 Å². The molecule has 114 valence electrons. The van der Waals surface area contributed by atoms with Crippen molar-refractivity contribution in [2.45, 2.75) is 12.8 Å². The number of amides is 1. The normalized spacial score (nSPS) is 18.0. The van der Waals surface area contributed by atoms with Gasteiger partial charge in [0.1, 0.15) is 0 Å². The van der Waals surface area contributed by atoms with Crippen LogP contribution in [0.2, 0.25) is 0 Å². The minimum Gasteiger partial charge on any atom is -0.469 e. The number of fused-ring (bicyclic) bond motifs is 1. The van der Waals surface area contributed by atoms with Crippen LogP contribution < -0.4 is 0 Å². The van der Waals surface area contributed by atoms with Crippen LogP contribution in [0.25, 0.3) is 11.0 Å². The van der Waals surface area contributed by atoms with Crippen molar-refractivity contribution in [2.75, 3.05) is 20.2 Å². The van der Waals surface area contributed by atoms with E-state index in [0.717, 1.165) is 16.7 Å². The van der Waals surface area contributed by atoms with Crippen molar-refractivity contribution >= 4 is 22.9 Å². The van der Waals surface area contributed by atoms with E-state index in [-0.39, 0.29) is 24.2 Å². The van der Waals surface area contributed by atoms with Crippen LogP contribution in [0.3, 0.4) is 0 Å². The molecule has 1 amide bonds. The largest absolute Gasteiger partial charge is 0.469 e. The van der Waals surface area contributed by atoms with E-state index in [4.69, 9.17) is 4.74 Å². The highest BCUT2D eigenvalue weighted by molar-refractivity contribution is 5.86. The second-order valence-electron chi connectivity index (χ2n) is 5.36. The van der Waals surface area contributed by atoms with Crippen molar-refractivity contribution in [1.82, 2.24) is 14.9 Å². The van der Waals surface area contributed by atoms with Gasteiger partial charge in [-0.15, -0.1) is 0 Å². The maximum absolute atomic E-state index is 11.9. The molecule has 0 N–H and O–H groups in total. The Bertz CT molecular complexity index is 717. The maximum atomic E-state index is 11.9. The average molecular weight is 299 g/mol. The number of ether oxygens (including phenoxy) is 1. The van der Waals surface area contributed by atoms with Gasteiger partial charge in [-0.1, -0.05) is 12.1 Å². The summed E-state index contributed by atoms with van der Waals surface area (Å²) in [4.78, 5) is 34.0. The van der Waals surface area contributed by atoms with E-state index >= 15 is 0 Å². The number of nitrogens with zero attached hydrogens (tertiary/aromatic N) is 3. The maximum Gasteiger partial charge on any atom is 0.310 e. The van der Waals surface area contributed by atoms with Gasteiger partial charge < -0.3 is 9.64 Å². The molecule has 1 aliphatic heterocycles. The first kappa shape index (κ1) is 14.4. The van der Waals surface area contributed by atoms with Gasteiger partial charge in [0.15, 0.2) is 0 Å². The van der Waals surface area contributed by atoms with E-state index in [1.54, 1.807) is 11.1 Å². The van der Waals surface area contributed by atoms with E-state index in [2.05, 4.69) is 9.97 Å². The van der Waals surface area contributed by atoms with Crippen LogP contribution in [-0.2, 0) is 20.7 Å². The molecule has 22 heavy (non-hydrogen) atoms. The molecule has 1 aromatic heterocycles. The number of hydrogen-bond donors (Lipinski definition) is 0. The molecule has 0 saturated carbocycles. The van der Waals surface area contributed by atoms with Gasteiger partial charge >= 0.3 is 5.97 Å². The number of likely N-dealkylation sites (tertiary alicyclic amines) is 1. The van der Waals surface area contributed by atoms with Gasteiger partial charge in [-0.25, -0.2) is 4.98 Å². The number of hydrogen-bond acceptors (Lipinski definition) is 5. The van der Waals surface area contributed by atoms with Crippen LogP contribution in [0.15, 0.2) is 30.5 Å². The van der Waals surface area contributed by atoms with Crippen molar-refractivity contribution in [3.8, 4) is 0 Å². The van der Waals surface area contributed by atoms with E-state index in [1.807, 2.05) is 24.3 Å². The minimum absolute atomic E-state index is 0.0100. The Morgan fingerprint density at radius 1 is 1.36 bits per heavy atom. The predicted molar refractivity (Wildman–Crippen MR) is 79.9 cm³/mol. The number of rotatable bonds is 4. The Balaban J connectivity index is 1.64. The van der Waals surface area contributed by atoms with Crippen molar-refractivity contribution in [3.63, 3.8) is 0 Å². The number of methoxy groups -OCH3 is 1. The van der Waals surface area contributed by atoms with Crippen molar-refractivity contribution in [3.05, 3.63) is 36.2 Å². The molecule has 0 spiro atoms. The monoisotopic (exact) mass is 299 g/mol. The molecule has 2 heterocycles. The van der Waals surface area contributed by atoms with Crippen molar-refractivity contribution in [1.29, 1.82) is 0 Å². The lowest BCUT2D eigenvalue weighted by Crippen LogP contribution is -2.29. The Kier molecular flexibility index (Phi) is 4.00. The first-order chi connectivity index (χ1) is 10.7. The van der Waals surface area contributed by atoms with Gasteiger partial charge in [0.2, 0.25) is 5.91 Å². The fourth-order valence-corrected chi connectivity index (χ4v) is 2.68. The number of para-hydroxylation sites is 2. The first-order valence-corrected chi connectivity index (χ1v) is 7.23. The lowest BCUT2D eigenvalue weighted by atomic mass is 10.1. The van der Waals surface area contributed by atoms with Crippen LogP contribution in [0.1, 0.15) is 12.1 Å². The lowest BCUT2D eigenvalue weighted by Gasteiger charge is -2.15. The van der Waals surface area contributed by atoms with E-state index < -0.39 is 0 Å². The Morgan fingerprint density at radius 2 is 2.14 bits per heavy atom. The van der Waals surface area contributed by atoms with Gasteiger partial charge in [0.25, 0.3) is 0 Å². The highest BCUT2D eigenvalue weighted by Gasteiger charge is 2.34. The second kappa shape index (κ2) is 6.09. The molecule has 0 radical (unpaired) electrons. The molecule has 1 aromatic carbocycles. The summed E-state index contributed by atoms with van der Waals surface area (Å²) in [6.45, 7) is 0.964. The van der Waals surface area contributed by atoms with Gasteiger partial charge in [0.05, 0.1) is 29.8 Å². The first-order valence-electron chi connectivity index (χ1n) is 7.23. The molecule has 6 nitrogen and oxygen atoms in total. The zero-order valence-corrected chi connectivity index (χ0v) is 12.4. The number of carbonyl (C=O) groups is 2. The summed E-state index contributed by atoms with van der Waals surface area (Å²) in [5, 5.41) is 0. The van der Waals surface area contributed by atoms with Crippen molar-refractivity contribution in [2.24, 2.45) is 5.92 Å². The fourth-order valence-electron chi connectivity index (χ4n) is 2.68. The molecule has 1 fully saturated rings. The molecule has 6 heteroatoms. The third-order valence-corrected chi connectivity index (χ3v) is 3.89. The molecule has 0 bridgehead atoms. The summed E-state index contributed by atoms with van der Waals surface area (Å²) in [7, 11) is 1.35. The zero-order valence-electron chi connectivity index (χ0n) is 12.4. The summed E-state index contributed by atoms with van der Waals surface area (Å²) in [6, 6.07) is 7.68. The van der Waals surface area contributed by atoms with Gasteiger partial charge in [-0.2, -0.15) is 0 Å². The van der Waals surface area contributed by atoms with Crippen LogP contribution in [0.5, 0.6) is 0 Å². The van der Waals surface area contributed by atoms with Crippen molar-refractivity contribution < 1.29 is 14.3 Å².